The number of rotatable bonds is 3. The fraction of sp³-hybridized carbons (Fsp3) is 0.214. The average Bonchev–Trinajstić information content (AvgIpc) is 2.30. The number of amides is 1. The molecule has 86 valence electrons. The minimum absolute atomic E-state index is 0.447. The summed E-state index contributed by atoms with van der Waals surface area (Å²) >= 11 is 0. The maximum atomic E-state index is 10.9. The van der Waals surface area contributed by atoms with Gasteiger partial charge in [-0.2, -0.15) is 0 Å². The van der Waals surface area contributed by atoms with Gasteiger partial charge in [-0.3, -0.25) is 4.79 Å². The van der Waals surface area contributed by atoms with Gasteiger partial charge in [-0.1, -0.05) is 11.8 Å². The maximum absolute atomic E-state index is 10.9. The van der Waals surface area contributed by atoms with Crippen molar-refractivity contribution in [2.45, 2.75) is 20.0 Å². The number of hydrogen-bond acceptors (Lipinski definition) is 2. The van der Waals surface area contributed by atoms with Gasteiger partial charge in [-0.25, -0.2) is 0 Å². The second-order valence-electron chi connectivity index (χ2n) is 3.59. The summed E-state index contributed by atoms with van der Waals surface area (Å²) in [6.07, 6.45) is 10.0. The van der Waals surface area contributed by atoms with Crippen LogP contribution in [0.2, 0.25) is 0 Å². The van der Waals surface area contributed by atoms with Crippen molar-refractivity contribution < 1.29 is 9.53 Å². The molecule has 0 spiro atoms. The zero-order valence-corrected chi connectivity index (χ0v) is 9.78. The first-order chi connectivity index (χ1) is 7.99. The lowest BCUT2D eigenvalue weighted by Crippen LogP contribution is -2.30. The standard InChI is InChI=1S/C14H13NO2/c1-5-11-7-13(17-10(4)14(15)16)8-12(6-2)9(11)3/h1-2,7-8,10H,3-4H3,(H2,15,16). The third-order valence-corrected chi connectivity index (χ3v) is 2.41. The molecule has 3 nitrogen and oxygen atoms in total. The van der Waals surface area contributed by atoms with Crippen LogP contribution in [0.3, 0.4) is 0 Å². The SMILES string of the molecule is C#Cc1cc(OC(C)C(N)=O)cc(C#C)c1C. The fourth-order valence-electron chi connectivity index (χ4n) is 1.32. The molecule has 0 aliphatic heterocycles. The summed E-state index contributed by atoms with van der Waals surface area (Å²) in [4.78, 5) is 10.9. The van der Waals surface area contributed by atoms with Crippen LogP contribution in [-0.4, -0.2) is 12.0 Å². The van der Waals surface area contributed by atoms with Gasteiger partial charge in [0, 0.05) is 11.1 Å². The Labute approximate surface area is 101 Å². The van der Waals surface area contributed by atoms with E-state index in [0.717, 1.165) is 5.56 Å². The summed E-state index contributed by atoms with van der Waals surface area (Å²) in [6, 6.07) is 3.32. The Morgan fingerprint density at radius 1 is 1.35 bits per heavy atom. The lowest BCUT2D eigenvalue weighted by molar-refractivity contribution is -0.123. The number of carbonyl (C=O) groups is 1. The second kappa shape index (κ2) is 5.09. The van der Waals surface area contributed by atoms with Crippen molar-refractivity contribution in [3.8, 4) is 30.4 Å². The van der Waals surface area contributed by atoms with Crippen LogP contribution in [0, 0.1) is 31.6 Å². The normalized spacial score (nSPS) is 11.1. The Bertz CT molecular complexity index is 497. The molecule has 0 aromatic heterocycles. The molecule has 1 aromatic rings. The van der Waals surface area contributed by atoms with Crippen LogP contribution in [0.15, 0.2) is 12.1 Å². The number of carbonyl (C=O) groups excluding carboxylic acids is 1. The molecular formula is C14H13NO2. The predicted molar refractivity (Wildman–Crippen MR) is 66.3 cm³/mol. The highest BCUT2D eigenvalue weighted by Gasteiger charge is 2.12. The van der Waals surface area contributed by atoms with E-state index in [4.69, 9.17) is 23.3 Å². The summed E-state index contributed by atoms with van der Waals surface area (Å²) in [5, 5.41) is 0. The molecule has 0 saturated heterocycles. The van der Waals surface area contributed by atoms with Gasteiger partial charge in [0.2, 0.25) is 0 Å². The minimum Gasteiger partial charge on any atom is -0.481 e. The van der Waals surface area contributed by atoms with Gasteiger partial charge in [0.25, 0.3) is 5.91 Å². The first-order valence-corrected chi connectivity index (χ1v) is 5.03. The molecule has 2 N–H and O–H groups in total. The predicted octanol–water partition coefficient (Wildman–Crippen LogP) is 1.21. The van der Waals surface area contributed by atoms with E-state index in [1.165, 1.54) is 0 Å². The molecule has 1 unspecified atom stereocenters. The van der Waals surface area contributed by atoms with Crippen LogP contribution < -0.4 is 10.5 Å². The Balaban J connectivity index is 3.16. The van der Waals surface area contributed by atoms with E-state index in [0.29, 0.717) is 16.9 Å². The number of primary amides is 1. The molecule has 0 heterocycles. The first kappa shape index (κ1) is 12.7. The van der Waals surface area contributed by atoms with Crippen LogP contribution >= 0.6 is 0 Å². The van der Waals surface area contributed by atoms with Crippen LogP contribution in [0.5, 0.6) is 5.75 Å². The monoisotopic (exact) mass is 227 g/mol. The molecule has 17 heavy (non-hydrogen) atoms. The van der Waals surface area contributed by atoms with Crippen LogP contribution in [0.25, 0.3) is 0 Å². The van der Waals surface area contributed by atoms with Crippen molar-refractivity contribution in [2.75, 3.05) is 0 Å². The quantitative estimate of drug-likeness (QED) is 0.789. The summed E-state index contributed by atoms with van der Waals surface area (Å²) in [5.41, 5.74) is 7.24. The van der Waals surface area contributed by atoms with Crippen molar-refractivity contribution in [3.05, 3.63) is 28.8 Å². The molecule has 1 rings (SSSR count). The highest BCUT2D eigenvalue weighted by Crippen LogP contribution is 2.22. The number of hydrogen-bond donors (Lipinski definition) is 1. The topological polar surface area (TPSA) is 52.3 Å². The Kier molecular flexibility index (Phi) is 3.80. The van der Waals surface area contributed by atoms with Gasteiger partial charge in [-0.15, -0.1) is 12.8 Å². The van der Waals surface area contributed by atoms with E-state index >= 15 is 0 Å². The van der Waals surface area contributed by atoms with Gasteiger partial charge in [-0.05, 0) is 31.5 Å². The van der Waals surface area contributed by atoms with Gasteiger partial charge < -0.3 is 10.5 Å². The molecule has 0 radical (unpaired) electrons. The average molecular weight is 227 g/mol. The molecule has 0 aliphatic rings. The van der Waals surface area contributed by atoms with Crippen molar-refractivity contribution in [1.82, 2.24) is 0 Å². The molecule has 1 amide bonds. The highest BCUT2D eigenvalue weighted by atomic mass is 16.5. The first-order valence-electron chi connectivity index (χ1n) is 5.03. The van der Waals surface area contributed by atoms with E-state index in [9.17, 15) is 4.79 Å². The van der Waals surface area contributed by atoms with Gasteiger partial charge in [0.05, 0.1) is 0 Å². The summed E-state index contributed by atoms with van der Waals surface area (Å²) < 4.78 is 5.35. The summed E-state index contributed by atoms with van der Waals surface area (Å²) in [7, 11) is 0. The highest BCUT2D eigenvalue weighted by molar-refractivity contribution is 5.78. The summed E-state index contributed by atoms with van der Waals surface area (Å²) in [5.74, 6) is 4.94. The maximum Gasteiger partial charge on any atom is 0.258 e. The Hall–Kier alpha value is -2.39. The van der Waals surface area contributed by atoms with Crippen LogP contribution in [0.4, 0.5) is 0 Å². The van der Waals surface area contributed by atoms with E-state index in [2.05, 4.69) is 11.8 Å². The molecule has 0 aliphatic carbocycles. The Morgan fingerprint density at radius 2 is 1.82 bits per heavy atom. The fourth-order valence-corrected chi connectivity index (χ4v) is 1.32. The molecule has 0 bridgehead atoms. The van der Waals surface area contributed by atoms with Gasteiger partial charge in [0.15, 0.2) is 6.10 Å². The molecule has 0 saturated carbocycles. The van der Waals surface area contributed by atoms with E-state index < -0.39 is 12.0 Å². The van der Waals surface area contributed by atoms with Crippen molar-refractivity contribution in [1.29, 1.82) is 0 Å². The third-order valence-electron chi connectivity index (χ3n) is 2.41. The van der Waals surface area contributed by atoms with Gasteiger partial charge >= 0.3 is 0 Å². The third kappa shape index (κ3) is 2.80. The molecule has 1 aromatic carbocycles. The molecule has 0 fully saturated rings. The zero-order valence-electron chi connectivity index (χ0n) is 9.78. The van der Waals surface area contributed by atoms with Crippen LogP contribution in [0.1, 0.15) is 23.6 Å². The lowest BCUT2D eigenvalue weighted by Gasteiger charge is -2.13. The van der Waals surface area contributed by atoms with E-state index in [-0.39, 0.29) is 0 Å². The van der Waals surface area contributed by atoms with Gasteiger partial charge in [0.1, 0.15) is 5.75 Å². The van der Waals surface area contributed by atoms with Crippen LogP contribution in [-0.2, 0) is 4.79 Å². The smallest absolute Gasteiger partial charge is 0.258 e. The number of ether oxygens (including phenoxy) is 1. The lowest BCUT2D eigenvalue weighted by atomic mass is 10.0. The molecular weight excluding hydrogens is 214 g/mol. The van der Waals surface area contributed by atoms with Crippen molar-refractivity contribution in [3.63, 3.8) is 0 Å². The Morgan fingerprint density at radius 3 is 2.18 bits per heavy atom. The molecule has 1 atom stereocenters. The van der Waals surface area contributed by atoms with Crippen molar-refractivity contribution >= 4 is 5.91 Å². The second-order valence-corrected chi connectivity index (χ2v) is 3.59. The largest absolute Gasteiger partial charge is 0.481 e. The minimum atomic E-state index is -0.728. The van der Waals surface area contributed by atoms with Crippen molar-refractivity contribution in [2.24, 2.45) is 5.73 Å². The molecule has 3 heteroatoms. The number of benzene rings is 1. The number of nitrogens with two attached hydrogens (primary N) is 1. The van der Waals surface area contributed by atoms with E-state index in [1.807, 2.05) is 6.92 Å². The summed E-state index contributed by atoms with van der Waals surface area (Å²) in [6.45, 7) is 3.40. The number of terminal acetylenes is 2. The zero-order chi connectivity index (χ0) is 13.0. The van der Waals surface area contributed by atoms with E-state index in [1.54, 1.807) is 19.1 Å².